The highest BCUT2D eigenvalue weighted by atomic mass is 32.2. The smallest absolute Gasteiger partial charge is 0.308 e. The number of hydrogen-bond donors (Lipinski definition) is 2. The Hall–Kier alpha value is -2.72. The molecule has 6 rings (SSSR count). The molecule has 8 nitrogen and oxygen atoms in total. The van der Waals surface area contributed by atoms with Crippen molar-refractivity contribution in [2.75, 3.05) is 13.1 Å². The summed E-state index contributed by atoms with van der Waals surface area (Å²) in [6, 6.07) is 10.5. The molecule has 1 spiro atoms. The van der Waals surface area contributed by atoms with E-state index in [2.05, 4.69) is 16.2 Å². The zero-order chi connectivity index (χ0) is 26.9. The van der Waals surface area contributed by atoms with Gasteiger partial charge in [0.15, 0.2) is 11.5 Å². The number of carbonyl (C=O) groups is 1. The van der Waals surface area contributed by atoms with E-state index in [1.165, 1.54) is 6.92 Å². The van der Waals surface area contributed by atoms with Gasteiger partial charge in [-0.3, -0.25) is 9.69 Å². The van der Waals surface area contributed by atoms with Crippen molar-refractivity contribution in [1.82, 2.24) is 9.62 Å². The van der Waals surface area contributed by atoms with Crippen LogP contribution in [-0.2, 0) is 32.4 Å². The number of rotatable bonds is 7. The van der Waals surface area contributed by atoms with Gasteiger partial charge in [0.25, 0.3) is 0 Å². The molecule has 0 aromatic heterocycles. The molecular weight excluding hydrogens is 504 g/mol. The van der Waals surface area contributed by atoms with Crippen LogP contribution in [0.3, 0.4) is 0 Å². The lowest BCUT2D eigenvalue weighted by atomic mass is 9.48. The van der Waals surface area contributed by atoms with Crippen molar-refractivity contribution in [3.63, 3.8) is 0 Å². The molecule has 2 aliphatic heterocycles. The number of nitrogens with zero attached hydrogens (tertiary/aromatic N) is 1. The molecule has 0 amide bonds. The molecule has 5 atom stereocenters. The van der Waals surface area contributed by atoms with Gasteiger partial charge in [0.05, 0.1) is 22.8 Å². The van der Waals surface area contributed by atoms with Gasteiger partial charge >= 0.3 is 5.97 Å². The number of carbonyl (C=O) groups excluding carboxylic acids is 1. The van der Waals surface area contributed by atoms with E-state index in [-0.39, 0.29) is 11.8 Å². The predicted molar refractivity (Wildman–Crippen MR) is 143 cm³/mol. The molecule has 9 heteroatoms. The van der Waals surface area contributed by atoms with Gasteiger partial charge in [-0.05, 0) is 61.9 Å². The van der Waals surface area contributed by atoms with Gasteiger partial charge in [-0.25, -0.2) is 13.1 Å². The minimum atomic E-state index is -3.71. The van der Waals surface area contributed by atoms with Crippen LogP contribution in [0.2, 0.25) is 0 Å². The topological polar surface area (TPSA) is 105 Å². The fourth-order valence-electron chi connectivity index (χ4n) is 7.61. The molecule has 1 saturated carbocycles. The van der Waals surface area contributed by atoms with Crippen molar-refractivity contribution >= 4 is 16.0 Å². The van der Waals surface area contributed by atoms with E-state index < -0.39 is 39.2 Å². The Kier molecular flexibility index (Phi) is 5.99. The van der Waals surface area contributed by atoms with Gasteiger partial charge < -0.3 is 14.6 Å². The Bertz CT molecular complexity index is 1420. The largest absolute Gasteiger partial charge is 0.483 e. The molecule has 202 valence electrons. The number of likely N-dealkylation sites (tertiary alicyclic amines) is 1. The molecule has 2 bridgehead atoms. The van der Waals surface area contributed by atoms with E-state index in [4.69, 9.17) is 9.47 Å². The molecule has 2 aromatic carbocycles. The summed E-state index contributed by atoms with van der Waals surface area (Å²) in [7, 11) is -3.71. The molecule has 1 saturated heterocycles. The number of aryl methyl sites for hydroxylation is 1. The van der Waals surface area contributed by atoms with Gasteiger partial charge in [0, 0.05) is 25.1 Å². The molecule has 0 unspecified atom stereocenters. The molecular formula is C29H34N2O6S. The first kappa shape index (κ1) is 25.6. The average molecular weight is 539 g/mol. The Morgan fingerprint density at radius 1 is 1.29 bits per heavy atom. The molecule has 2 aromatic rings. The van der Waals surface area contributed by atoms with Crippen LogP contribution < -0.4 is 14.2 Å². The van der Waals surface area contributed by atoms with E-state index in [1.807, 2.05) is 43.3 Å². The van der Waals surface area contributed by atoms with Crippen molar-refractivity contribution in [1.29, 1.82) is 0 Å². The zero-order valence-electron chi connectivity index (χ0n) is 21.8. The van der Waals surface area contributed by atoms with Crippen molar-refractivity contribution in [2.24, 2.45) is 0 Å². The number of sulfonamides is 1. The highest BCUT2D eigenvalue weighted by Crippen LogP contribution is 2.65. The quantitative estimate of drug-likeness (QED) is 0.317. The van der Waals surface area contributed by atoms with E-state index in [9.17, 15) is 18.3 Å². The zero-order valence-corrected chi connectivity index (χ0v) is 22.6. The maximum atomic E-state index is 13.4. The van der Waals surface area contributed by atoms with Crippen molar-refractivity contribution in [2.45, 2.75) is 74.5 Å². The second kappa shape index (κ2) is 8.91. The minimum Gasteiger partial charge on any atom is -0.483 e. The first-order chi connectivity index (χ1) is 18.1. The number of hydrogen-bond acceptors (Lipinski definition) is 7. The van der Waals surface area contributed by atoms with E-state index >= 15 is 0 Å². The fraction of sp³-hybridized carbons (Fsp3) is 0.483. The molecule has 2 fully saturated rings. The van der Waals surface area contributed by atoms with E-state index in [1.54, 1.807) is 6.07 Å². The van der Waals surface area contributed by atoms with E-state index in [0.717, 1.165) is 28.8 Å². The Morgan fingerprint density at radius 2 is 2.08 bits per heavy atom. The molecule has 2 aliphatic carbocycles. The summed E-state index contributed by atoms with van der Waals surface area (Å²) in [5.74, 6) is 0.183. The summed E-state index contributed by atoms with van der Waals surface area (Å²) in [5, 5.41) is 12.5. The van der Waals surface area contributed by atoms with Crippen LogP contribution in [-0.4, -0.2) is 61.3 Å². The van der Waals surface area contributed by atoms with Crippen molar-refractivity contribution < 1.29 is 27.8 Å². The number of esters is 1. The van der Waals surface area contributed by atoms with Gasteiger partial charge in [-0.15, -0.1) is 6.58 Å². The standard InChI is InChI=1S/C29H34N2O6S/c1-4-14-31-15-13-28-25-20-9-10-23(36-19(3)32)26(25)37-27(28)22(11-12-29(28,33)24(31)16-20)30-38(34,35)17-21-8-6-5-7-18(21)2/h4-10,22,24,27,30,33H,1,11-17H2,2-3H3/t22-,24+,27-,28-,29+/m0/s1. The fourth-order valence-corrected chi connectivity index (χ4v) is 9.13. The van der Waals surface area contributed by atoms with Crippen LogP contribution in [0.5, 0.6) is 11.5 Å². The molecule has 0 radical (unpaired) electrons. The lowest BCUT2D eigenvalue weighted by Gasteiger charge is -2.64. The number of piperidine rings is 1. The maximum Gasteiger partial charge on any atom is 0.308 e. The lowest BCUT2D eigenvalue weighted by molar-refractivity contribution is -0.188. The number of ether oxygens (including phenoxy) is 2. The Balaban J connectivity index is 1.43. The van der Waals surface area contributed by atoms with Crippen LogP contribution in [0.4, 0.5) is 0 Å². The molecule has 2 heterocycles. The highest BCUT2D eigenvalue weighted by Gasteiger charge is 2.73. The first-order valence-corrected chi connectivity index (χ1v) is 14.9. The van der Waals surface area contributed by atoms with Crippen molar-refractivity contribution in [3.05, 3.63) is 71.3 Å². The van der Waals surface area contributed by atoms with Crippen LogP contribution in [0.15, 0.2) is 49.1 Å². The summed E-state index contributed by atoms with van der Waals surface area (Å²) in [4.78, 5) is 14.2. The first-order valence-electron chi connectivity index (χ1n) is 13.2. The van der Waals surface area contributed by atoms with Crippen LogP contribution in [0.25, 0.3) is 0 Å². The molecule has 2 N–H and O–H groups in total. The molecule has 38 heavy (non-hydrogen) atoms. The summed E-state index contributed by atoms with van der Waals surface area (Å²) < 4.78 is 41.9. The molecule has 4 aliphatic rings. The lowest BCUT2D eigenvalue weighted by Crippen LogP contribution is -2.78. The average Bonchev–Trinajstić information content (AvgIpc) is 3.21. The van der Waals surface area contributed by atoms with Crippen LogP contribution >= 0.6 is 0 Å². The normalized spacial score (nSPS) is 31.3. The SMILES string of the molecule is C=CCN1CC[C@]23c4c5ccc(OC(C)=O)c4O[C@H]2[C@@H](NS(=O)(=O)Cc2ccccc2C)CC[C@@]3(O)[C@H]1C5. The van der Waals surface area contributed by atoms with E-state index in [0.29, 0.717) is 43.7 Å². The van der Waals surface area contributed by atoms with Crippen LogP contribution in [0, 0.1) is 6.92 Å². The van der Waals surface area contributed by atoms with Crippen LogP contribution in [0.1, 0.15) is 48.4 Å². The summed E-state index contributed by atoms with van der Waals surface area (Å²) in [5.41, 5.74) is 1.65. The third-order valence-electron chi connectivity index (χ3n) is 9.11. The second-order valence-electron chi connectivity index (χ2n) is 11.2. The maximum absolute atomic E-state index is 13.4. The number of nitrogens with one attached hydrogen (secondary N) is 1. The summed E-state index contributed by atoms with van der Waals surface area (Å²) in [6.45, 7) is 8.54. The van der Waals surface area contributed by atoms with Gasteiger partial charge in [0.1, 0.15) is 6.10 Å². The van der Waals surface area contributed by atoms with Crippen molar-refractivity contribution in [3.8, 4) is 11.5 Å². The monoisotopic (exact) mass is 538 g/mol. The van der Waals surface area contributed by atoms with Gasteiger partial charge in [-0.2, -0.15) is 0 Å². The second-order valence-corrected chi connectivity index (χ2v) is 12.9. The van der Waals surface area contributed by atoms with Gasteiger partial charge in [0.2, 0.25) is 10.0 Å². The minimum absolute atomic E-state index is 0.132. The number of benzene rings is 2. The number of aliphatic hydroxyl groups is 1. The highest BCUT2D eigenvalue weighted by molar-refractivity contribution is 7.88. The van der Waals surface area contributed by atoms with Gasteiger partial charge in [-0.1, -0.05) is 36.4 Å². The summed E-state index contributed by atoms with van der Waals surface area (Å²) in [6.07, 6.45) is 3.32. The third kappa shape index (κ3) is 3.66. The third-order valence-corrected chi connectivity index (χ3v) is 10.5. The Morgan fingerprint density at radius 3 is 2.82 bits per heavy atom. The summed E-state index contributed by atoms with van der Waals surface area (Å²) >= 11 is 0. The Labute approximate surface area is 223 Å². The predicted octanol–water partition coefficient (Wildman–Crippen LogP) is 2.75.